The Hall–Kier alpha value is -2.74. The monoisotopic (exact) mass is 372 g/mol. The van der Waals surface area contributed by atoms with Gasteiger partial charge in [-0.1, -0.05) is 0 Å². The van der Waals surface area contributed by atoms with Gasteiger partial charge in [0.1, 0.15) is 28.5 Å². The molecule has 4 rings (SSSR count). The lowest BCUT2D eigenvalue weighted by Gasteiger charge is -2.27. The Labute approximate surface area is 153 Å². The maximum absolute atomic E-state index is 13.7. The summed E-state index contributed by atoms with van der Waals surface area (Å²) in [5.41, 5.74) is 6.78. The number of carbonyl (C=O) groups excluding carboxylic acids is 1. The second-order valence-corrected chi connectivity index (χ2v) is 7.26. The Morgan fingerprint density at radius 2 is 2.19 bits per heavy atom. The van der Waals surface area contributed by atoms with Crippen LogP contribution in [0.5, 0.6) is 5.75 Å². The number of amides is 1. The number of benzene rings is 1. The number of thiophene rings is 1. The lowest BCUT2D eigenvalue weighted by atomic mass is 9.96. The Morgan fingerprint density at radius 1 is 1.38 bits per heavy atom. The summed E-state index contributed by atoms with van der Waals surface area (Å²) in [7, 11) is 0. The number of nitrogens with one attached hydrogen (secondary N) is 1. The number of hydrogen-bond donors (Lipinski definition) is 2. The number of ether oxygens (including phenoxy) is 1. The van der Waals surface area contributed by atoms with E-state index in [1.807, 2.05) is 6.92 Å². The molecule has 0 atom stereocenters. The molecule has 0 spiro atoms. The van der Waals surface area contributed by atoms with Crippen LogP contribution in [0.3, 0.4) is 0 Å². The number of carbonyl (C=O) groups is 1. The quantitative estimate of drug-likeness (QED) is 0.709. The highest BCUT2D eigenvalue weighted by atomic mass is 32.1. The molecule has 0 aliphatic heterocycles. The van der Waals surface area contributed by atoms with Crippen LogP contribution >= 0.6 is 11.3 Å². The molecule has 1 saturated carbocycles. The minimum Gasteiger partial charge on any atom is -0.488 e. The lowest BCUT2D eigenvalue weighted by Crippen LogP contribution is -2.25. The summed E-state index contributed by atoms with van der Waals surface area (Å²) in [4.78, 5) is 21.3. The molecule has 1 fully saturated rings. The first kappa shape index (κ1) is 16.7. The van der Waals surface area contributed by atoms with Crippen molar-refractivity contribution in [2.75, 3.05) is 5.32 Å². The molecular weight excluding hydrogens is 355 g/mol. The van der Waals surface area contributed by atoms with Crippen LogP contribution in [0.4, 0.5) is 15.9 Å². The fraction of sp³-hybridized carbons (Fsp3) is 0.278. The third-order valence-electron chi connectivity index (χ3n) is 4.49. The van der Waals surface area contributed by atoms with Crippen molar-refractivity contribution in [2.24, 2.45) is 5.73 Å². The smallest absolute Gasteiger partial charge is 0.259 e. The van der Waals surface area contributed by atoms with Crippen LogP contribution in [-0.2, 0) is 0 Å². The number of nitrogens with zero attached hydrogens (tertiary/aromatic N) is 2. The summed E-state index contributed by atoms with van der Waals surface area (Å²) in [5.74, 6) is 0.124. The average Bonchev–Trinajstić information content (AvgIpc) is 2.91. The first-order chi connectivity index (χ1) is 12.5. The van der Waals surface area contributed by atoms with Gasteiger partial charge >= 0.3 is 0 Å². The zero-order valence-electron chi connectivity index (χ0n) is 14.1. The molecule has 134 valence electrons. The fourth-order valence-corrected chi connectivity index (χ4v) is 3.89. The molecule has 8 heteroatoms. The van der Waals surface area contributed by atoms with Gasteiger partial charge in [0.05, 0.1) is 22.1 Å². The summed E-state index contributed by atoms with van der Waals surface area (Å²) >= 11 is 1.23. The van der Waals surface area contributed by atoms with E-state index < -0.39 is 5.91 Å². The van der Waals surface area contributed by atoms with Crippen LogP contribution in [0.25, 0.3) is 10.2 Å². The van der Waals surface area contributed by atoms with Gasteiger partial charge in [0, 0.05) is 6.07 Å². The van der Waals surface area contributed by atoms with Crippen LogP contribution in [0, 0.1) is 12.7 Å². The van der Waals surface area contributed by atoms with Crippen molar-refractivity contribution >= 4 is 39.0 Å². The first-order valence-electron chi connectivity index (χ1n) is 8.30. The summed E-state index contributed by atoms with van der Waals surface area (Å²) in [5, 5.41) is 3.93. The first-order valence-corrected chi connectivity index (χ1v) is 9.11. The van der Waals surface area contributed by atoms with Gasteiger partial charge in [-0.15, -0.1) is 11.3 Å². The maximum atomic E-state index is 13.7. The summed E-state index contributed by atoms with van der Waals surface area (Å²) in [6, 6.07) is 4.35. The molecule has 1 aliphatic carbocycles. The van der Waals surface area contributed by atoms with Gasteiger partial charge in [0.2, 0.25) is 0 Å². The van der Waals surface area contributed by atoms with Crippen LogP contribution in [0.15, 0.2) is 24.5 Å². The topological polar surface area (TPSA) is 90.1 Å². The number of hydrogen-bond acceptors (Lipinski definition) is 6. The maximum Gasteiger partial charge on any atom is 0.259 e. The molecule has 26 heavy (non-hydrogen) atoms. The summed E-state index contributed by atoms with van der Waals surface area (Å²) in [6.07, 6.45) is 4.60. The second-order valence-electron chi connectivity index (χ2n) is 6.26. The predicted octanol–water partition coefficient (Wildman–Crippen LogP) is 3.91. The minimum atomic E-state index is -0.493. The third kappa shape index (κ3) is 2.96. The zero-order chi connectivity index (χ0) is 18.3. The number of fused-ring (bicyclic) bond motifs is 1. The molecular formula is C18H17FN4O2S. The number of primary amides is 1. The molecule has 2 aromatic heterocycles. The van der Waals surface area contributed by atoms with E-state index in [-0.39, 0.29) is 11.9 Å². The van der Waals surface area contributed by atoms with Crippen molar-refractivity contribution in [3.63, 3.8) is 0 Å². The highest BCUT2D eigenvalue weighted by Gasteiger charge is 2.22. The van der Waals surface area contributed by atoms with E-state index in [9.17, 15) is 9.18 Å². The molecule has 1 amide bonds. The summed E-state index contributed by atoms with van der Waals surface area (Å²) < 4.78 is 19.6. The second kappa shape index (κ2) is 6.53. The van der Waals surface area contributed by atoms with Gasteiger partial charge in [-0.25, -0.2) is 14.4 Å². The Balaban J connectivity index is 1.74. The van der Waals surface area contributed by atoms with E-state index in [0.717, 1.165) is 30.2 Å². The number of nitrogens with two attached hydrogens (primary N) is 1. The number of aromatic nitrogens is 2. The van der Waals surface area contributed by atoms with E-state index >= 15 is 0 Å². The van der Waals surface area contributed by atoms with Crippen LogP contribution < -0.4 is 15.8 Å². The predicted molar refractivity (Wildman–Crippen MR) is 98.6 cm³/mol. The van der Waals surface area contributed by atoms with Crippen LogP contribution in [0.2, 0.25) is 0 Å². The molecule has 3 N–H and O–H groups in total. The van der Waals surface area contributed by atoms with E-state index in [1.54, 1.807) is 6.07 Å². The van der Waals surface area contributed by atoms with Gasteiger partial charge in [-0.2, -0.15) is 0 Å². The lowest BCUT2D eigenvalue weighted by molar-refractivity contribution is 0.100. The molecule has 3 aromatic rings. The number of aryl methyl sites for hydroxylation is 1. The van der Waals surface area contributed by atoms with E-state index in [0.29, 0.717) is 27.0 Å². The number of rotatable bonds is 5. The van der Waals surface area contributed by atoms with Crippen LogP contribution in [0.1, 0.15) is 34.5 Å². The normalized spacial score (nSPS) is 14.2. The van der Waals surface area contributed by atoms with Gasteiger partial charge in [0.15, 0.2) is 0 Å². The number of halogens is 1. The van der Waals surface area contributed by atoms with Gasteiger partial charge in [-0.05, 0) is 43.9 Å². The van der Waals surface area contributed by atoms with Crippen molar-refractivity contribution in [2.45, 2.75) is 32.3 Å². The van der Waals surface area contributed by atoms with Gasteiger partial charge < -0.3 is 15.8 Å². The average molecular weight is 372 g/mol. The van der Waals surface area contributed by atoms with Gasteiger partial charge in [0.25, 0.3) is 5.91 Å². The van der Waals surface area contributed by atoms with Gasteiger partial charge in [-0.3, -0.25) is 4.79 Å². The van der Waals surface area contributed by atoms with Crippen LogP contribution in [-0.4, -0.2) is 22.0 Å². The highest BCUT2D eigenvalue weighted by molar-refractivity contribution is 7.20. The van der Waals surface area contributed by atoms with Crippen molar-refractivity contribution < 1.29 is 13.9 Å². The molecule has 6 nitrogen and oxygen atoms in total. The molecule has 0 unspecified atom stereocenters. The fourth-order valence-electron chi connectivity index (χ4n) is 2.89. The molecule has 1 aliphatic rings. The number of anilines is 2. The van der Waals surface area contributed by atoms with E-state index in [4.69, 9.17) is 10.5 Å². The molecule has 0 saturated heterocycles. The Bertz CT molecular complexity index is 1000. The third-order valence-corrected chi connectivity index (χ3v) is 5.71. The summed E-state index contributed by atoms with van der Waals surface area (Å²) in [6.45, 7) is 1.81. The van der Waals surface area contributed by atoms with E-state index in [2.05, 4.69) is 15.3 Å². The molecule has 0 radical (unpaired) electrons. The molecule has 1 aromatic carbocycles. The van der Waals surface area contributed by atoms with E-state index in [1.165, 1.54) is 29.8 Å². The van der Waals surface area contributed by atoms with Crippen molar-refractivity contribution in [3.05, 3.63) is 40.8 Å². The van der Waals surface area contributed by atoms with Crippen molar-refractivity contribution in [3.8, 4) is 5.75 Å². The largest absolute Gasteiger partial charge is 0.488 e. The molecule has 0 bridgehead atoms. The minimum absolute atomic E-state index is 0.118. The Kier molecular flexibility index (Phi) is 4.20. The highest BCUT2D eigenvalue weighted by Crippen LogP contribution is 2.37. The SMILES string of the molecule is Cc1c(C(N)=O)sc2ncnc(Nc3ccc(F)cc3OC3CCC3)c12. The van der Waals surface area contributed by atoms with Crippen molar-refractivity contribution in [1.82, 2.24) is 9.97 Å². The standard InChI is InChI=1S/C18H17FN4O2S/c1-9-14-17(21-8-22-18(14)26-15(9)16(20)24)23-12-6-5-10(19)7-13(12)25-11-3-2-4-11/h5-8,11H,2-4H2,1H3,(H2,20,24)(H,21,22,23). The van der Waals surface area contributed by atoms with Crippen molar-refractivity contribution in [1.29, 1.82) is 0 Å². The zero-order valence-corrected chi connectivity index (χ0v) is 14.9. The molecule has 2 heterocycles. The Morgan fingerprint density at radius 3 is 2.88 bits per heavy atom.